The van der Waals surface area contributed by atoms with Gasteiger partial charge in [-0.05, 0) is 68.4 Å². The molecule has 0 aromatic heterocycles. The van der Waals surface area contributed by atoms with E-state index in [0.717, 1.165) is 38.8 Å². The number of esters is 1. The van der Waals surface area contributed by atoms with Crippen molar-refractivity contribution in [1.82, 2.24) is 9.21 Å². The summed E-state index contributed by atoms with van der Waals surface area (Å²) in [5.41, 5.74) is 1.02. The van der Waals surface area contributed by atoms with Crippen LogP contribution < -0.4 is 5.32 Å². The van der Waals surface area contributed by atoms with Crippen LogP contribution in [-0.4, -0.2) is 68.8 Å². The molecular weight excluding hydrogens is 502 g/mol. The van der Waals surface area contributed by atoms with Gasteiger partial charge in [-0.2, -0.15) is 4.31 Å². The van der Waals surface area contributed by atoms with Gasteiger partial charge in [-0.15, -0.1) is 0 Å². The Hall–Kier alpha value is -2.46. The highest BCUT2D eigenvalue weighted by molar-refractivity contribution is 7.89. The fraction of sp³-hybridized carbons (Fsp3) is 0.462. The molecule has 0 unspecified atom stereocenters. The predicted molar refractivity (Wildman–Crippen MR) is 141 cm³/mol. The van der Waals surface area contributed by atoms with Crippen LogP contribution in [0.2, 0.25) is 5.02 Å². The van der Waals surface area contributed by atoms with Crippen LogP contribution in [0.5, 0.6) is 0 Å². The number of carbonyl (C=O) groups is 2. The first-order valence-electron chi connectivity index (χ1n) is 12.4. The van der Waals surface area contributed by atoms with Gasteiger partial charge in [-0.1, -0.05) is 38.3 Å². The Kier molecular flexibility index (Phi) is 10.3. The first kappa shape index (κ1) is 28.1. The van der Waals surface area contributed by atoms with Crippen LogP contribution >= 0.6 is 11.6 Å². The van der Waals surface area contributed by atoms with Crippen LogP contribution in [0.4, 0.5) is 5.69 Å². The van der Waals surface area contributed by atoms with Gasteiger partial charge < -0.3 is 15.0 Å². The third kappa shape index (κ3) is 7.29. The zero-order valence-corrected chi connectivity index (χ0v) is 22.4. The number of nitrogens with one attached hydrogen (secondary N) is 1. The summed E-state index contributed by atoms with van der Waals surface area (Å²) in [6, 6.07) is 10.6. The number of halogens is 1. The second kappa shape index (κ2) is 13.2. The fourth-order valence-corrected chi connectivity index (χ4v) is 6.06. The topological polar surface area (TPSA) is 96.0 Å². The molecule has 0 aliphatic carbocycles. The van der Waals surface area contributed by atoms with Gasteiger partial charge in [0.15, 0.2) is 0 Å². The first-order valence-corrected chi connectivity index (χ1v) is 14.2. The number of anilines is 1. The third-order valence-electron chi connectivity index (χ3n) is 6.29. The Morgan fingerprint density at radius 2 is 1.58 bits per heavy atom. The van der Waals surface area contributed by atoms with Crippen LogP contribution in [0.1, 0.15) is 60.2 Å². The Bertz CT molecular complexity index is 1140. The number of sulfonamides is 1. The molecule has 2 aromatic rings. The van der Waals surface area contributed by atoms with E-state index in [1.54, 1.807) is 24.3 Å². The normalized spacial score (nSPS) is 14.9. The third-order valence-corrected chi connectivity index (χ3v) is 8.67. The summed E-state index contributed by atoms with van der Waals surface area (Å²) >= 11 is 6.24. The van der Waals surface area contributed by atoms with Gasteiger partial charge in [0.2, 0.25) is 10.0 Å². The maximum absolute atomic E-state index is 13.2. The van der Waals surface area contributed by atoms with Crippen molar-refractivity contribution in [1.29, 1.82) is 0 Å². The van der Waals surface area contributed by atoms with Crippen molar-refractivity contribution >= 4 is 39.2 Å². The van der Waals surface area contributed by atoms with E-state index in [1.165, 1.54) is 22.5 Å². The van der Waals surface area contributed by atoms with Crippen molar-refractivity contribution in [3.8, 4) is 0 Å². The number of ether oxygens (including phenoxy) is 1. The van der Waals surface area contributed by atoms with Crippen molar-refractivity contribution < 1.29 is 22.7 Å². The lowest BCUT2D eigenvalue weighted by molar-refractivity contribution is 0.0466. The van der Waals surface area contributed by atoms with Crippen LogP contribution in [0.25, 0.3) is 0 Å². The van der Waals surface area contributed by atoms with Gasteiger partial charge in [-0.25, -0.2) is 13.2 Å². The lowest BCUT2D eigenvalue weighted by Crippen LogP contribution is -2.32. The van der Waals surface area contributed by atoms with E-state index in [9.17, 15) is 18.0 Å². The number of likely N-dealkylation sites (N-methyl/N-ethyl adjacent to an activating group) is 1. The minimum Gasteiger partial charge on any atom is -0.461 e. The Labute approximate surface area is 218 Å². The van der Waals surface area contributed by atoms with Crippen molar-refractivity contribution in [2.24, 2.45) is 0 Å². The standard InChI is InChI=1S/C26H34ClN3O5S/c1-3-29(4-2)17-18-35-26(32)20-9-12-22(13-10-20)28-25(31)21-11-14-23(27)24(19-21)36(33,34)30-15-7-5-6-8-16-30/h9-14,19H,3-8,15-18H2,1-2H3,(H,28,31). The van der Waals surface area contributed by atoms with E-state index in [-0.39, 0.29) is 15.5 Å². The Morgan fingerprint density at radius 1 is 0.972 bits per heavy atom. The summed E-state index contributed by atoms with van der Waals surface area (Å²) in [6.07, 6.45) is 3.59. The average Bonchev–Trinajstić information content (AvgIpc) is 3.17. The molecule has 0 atom stereocenters. The monoisotopic (exact) mass is 535 g/mol. The molecule has 0 saturated carbocycles. The van der Waals surface area contributed by atoms with Crippen molar-refractivity contribution in [2.75, 3.05) is 44.6 Å². The van der Waals surface area contributed by atoms with Gasteiger partial charge in [0.25, 0.3) is 5.91 Å². The molecule has 1 aliphatic rings. The smallest absolute Gasteiger partial charge is 0.338 e. The van der Waals surface area contributed by atoms with Gasteiger partial charge in [0, 0.05) is 30.9 Å². The van der Waals surface area contributed by atoms with Crippen LogP contribution in [0, 0.1) is 0 Å². The van der Waals surface area contributed by atoms with Gasteiger partial charge in [0.05, 0.1) is 10.6 Å². The number of hydrogen-bond donors (Lipinski definition) is 1. The number of hydrogen-bond acceptors (Lipinski definition) is 6. The molecule has 8 nitrogen and oxygen atoms in total. The minimum atomic E-state index is -3.81. The van der Waals surface area contributed by atoms with Crippen LogP contribution in [-0.2, 0) is 14.8 Å². The molecule has 3 rings (SSSR count). The molecule has 2 aromatic carbocycles. The molecule has 0 radical (unpaired) electrons. The summed E-state index contributed by atoms with van der Waals surface area (Å²) in [6.45, 7) is 7.75. The van der Waals surface area contributed by atoms with Crippen molar-refractivity contribution in [3.05, 3.63) is 58.6 Å². The molecule has 1 heterocycles. The molecule has 0 bridgehead atoms. The largest absolute Gasteiger partial charge is 0.461 e. The molecule has 1 fully saturated rings. The number of rotatable bonds is 10. The van der Waals surface area contributed by atoms with E-state index in [0.29, 0.717) is 37.5 Å². The molecule has 36 heavy (non-hydrogen) atoms. The average molecular weight is 536 g/mol. The number of carbonyl (C=O) groups excluding carboxylic acids is 2. The van der Waals surface area contributed by atoms with E-state index < -0.39 is 21.9 Å². The molecular formula is C26H34ClN3O5S. The lowest BCUT2D eigenvalue weighted by Gasteiger charge is -2.21. The second-order valence-corrected chi connectivity index (χ2v) is 11.0. The maximum Gasteiger partial charge on any atom is 0.338 e. The highest BCUT2D eigenvalue weighted by Gasteiger charge is 2.28. The van der Waals surface area contributed by atoms with Crippen LogP contribution in [0.3, 0.4) is 0 Å². The number of benzene rings is 2. The molecule has 1 N–H and O–H groups in total. The summed E-state index contributed by atoms with van der Waals surface area (Å²) < 4.78 is 33.2. The van der Waals surface area contributed by atoms with Gasteiger partial charge >= 0.3 is 5.97 Å². The zero-order chi connectivity index (χ0) is 26.1. The maximum atomic E-state index is 13.2. The first-order chi connectivity index (χ1) is 17.3. The number of amides is 1. The summed E-state index contributed by atoms with van der Waals surface area (Å²) in [5, 5.41) is 2.82. The minimum absolute atomic E-state index is 0.0680. The summed E-state index contributed by atoms with van der Waals surface area (Å²) in [5.74, 6) is -0.908. The van der Waals surface area contributed by atoms with E-state index in [2.05, 4.69) is 24.1 Å². The van der Waals surface area contributed by atoms with Gasteiger partial charge in [-0.3, -0.25) is 4.79 Å². The quantitative estimate of drug-likeness (QED) is 0.445. The van der Waals surface area contributed by atoms with E-state index >= 15 is 0 Å². The van der Waals surface area contributed by atoms with Crippen molar-refractivity contribution in [2.45, 2.75) is 44.4 Å². The highest BCUT2D eigenvalue weighted by atomic mass is 35.5. The molecule has 1 aliphatic heterocycles. The Morgan fingerprint density at radius 3 is 2.19 bits per heavy atom. The van der Waals surface area contributed by atoms with Gasteiger partial charge in [0.1, 0.15) is 11.5 Å². The second-order valence-electron chi connectivity index (χ2n) is 8.66. The molecule has 1 amide bonds. The molecule has 1 saturated heterocycles. The van der Waals surface area contributed by atoms with Crippen LogP contribution in [0.15, 0.2) is 47.4 Å². The molecule has 10 heteroatoms. The van der Waals surface area contributed by atoms with E-state index in [1.807, 2.05) is 0 Å². The SMILES string of the molecule is CCN(CC)CCOC(=O)c1ccc(NC(=O)c2ccc(Cl)c(S(=O)(=O)N3CCCCCC3)c2)cc1. The summed E-state index contributed by atoms with van der Waals surface area (Å²) in [4.78, 5) is 27.2. The Balaban J connectivity index is 1.65. The highest BCUT2D eigenvalue weighted by Crippen LogP contribution is 2.28. The fourth-order valence-electron chi connectivity index (χ4n) is 4.05. The molecule has 0 spiro atoms. The van der Waals surface area contributed by atoms with Crippen molar-refractivity contribution in [3.63, 3.8) is 0 Å². The number of nitrogens with zero attached hydrogens (tertiary/aromatic N) is 2. The zero-order valence-electron chi connectivity index (χ0n) is 20.8. The predicted octanol–water partition coefficient (Wildman–Crippen LogP) is 4.66. The summed E-state index contributed by atoms with van der Waals surface area (Å²) in [7, 11) is -3.81. The lowest BCUT2D eigenvalue weighted by atomic mass is 10.2. The van der Waals surface area contributed by atoms with E-state index in [4.69, 9.17) is 16.3 Å². The molecule has 196 valence electrons.